The molecule has 13 heavy (non-hydrogen) atoms. The smallest absolute Gasteiger partial charge is 0.229 e. The van der Waals surface area contributed by atoms with E-state index < -0.39 is 15.3 Å². The molecule has 6 heteroatoms. The normalized spacial score (nSPS) is 14.1. The first kappa shape index (κ1) is 12.4. The molecule has 0 spiro atoms. The summed E-state index contributed by atoms with van der Waals surface area (Å²) >= 11 is 0. The van der Waals surface area contributed by atoms with Crippen molar-refractivity contribution in [1.29, 1.82) is 5.26 Å². The van der Waals surface area contributed by atoms with Crippen LogP contribution in [0.15, 0.2) is 0 Å². The summed E-state index contributed by atoms with van der Waals surface area (Å²) in [5.41, 5.74) is 5.24. The van der Waals surface area contributed by atoms with Gasteiger partial charge < -0.3 is 5.73 Å². The van der Waals surface area contributed by atoms with E-state index in [1.165, 1.54) is 18.3 Å². The van der Waals surface area contributed by atoms with Crippen LogP contribution in [0.3, 0.4) is 0 Å². The zero-order valence-corrected chi connectivity index (χ0v) is 8.71. The van der Waals surface area contributed by atoms with Crippen LogP contribution in [0.1, 0.15) is 13.3 Å². The lowest BCUT2D eigenvalue weighted by Crippen LogP contribution is -2.35. The molecule has 0 aliphatic carbocycles. The molecule has 0 rings (SSSR count). The summed E-state index contributed by atoms with van der Waals surface area (Å²) in [5, 5.41) is 7.47. The molecule has 1 unspecified atom stereocenters. The van der Waals surface area contributed by atoms with Gasteiger partial charge in [-0.05, 0) is 19.9 Å². The molecule has 0 saturated heterocycles. The van der Waals surface area contributed by atoms with E-state index >= 15 is 0 Å². The maximum absolute atomic E-state index is 11.4. The Morgan fingerprint density at radius 3 is 2.54 bits per heavy atom. The number of hydrogen-bond donors (Lipinski definition) is 1. The minimum Gasteiger partial charge on any atom is -0.330 e. The van der Waals surface area contributed by atoms with Crippen LogP contribution in [0.25, 0.3) is 0 Å². The number of nitrogens with two attached hydrogens (primary N) is 1. The van der Waals surface area contributed by atoms with Crippen molar-refractivity contribution in [2.45, 2.75) is 18.6 Å². The largest absolute Gasteiger partial charge is 0.330 e. The van der Waals surface area contributed by atoms with Crippen molar-refractivity contribution in [3.8, 4) is 6.07 Å². The number of sulfonamides is 1. The minimum atomic E-state index is -3.44. The van der Waals surface area contributed by atoms with Gasteiger partial charge in [-0.2, -0.15) is 5.26 Å². The lowest BCUT2D eigenvalue weighted by atomic mass is 10.4. The Kier molecular flexibility index (Phi) is 4.91. The van der Waals surface area contributed by atoms with Gasteiger partial charge in [0.25, 0.3) is 0 Å². The molecule has 0 aromatic heterocycles. The van der Waals surface area contributed by atoms with Crippen molar-refractivity contribution in [2.75, 3.05) is 20.1 Å². The molecule has 76 valence electrons. The number of nitriles is 1. The van der Waals surface area contributed by atoms with Gasteiger partial charge in [-0.3, -0.25) is 0 Å². The molecule has 1 atom stereocenters. The van der Waals surface area contributed by atoms with E-state index in [-0.39, 0.29) is 0 Å². The van der Waals surface area contributed by atoms with E-state index in [4.69, 9.17) is 11.0 Å². The number of nitrogens with zero attached hydrogens (tertiary/aromatic N) is 2. The fraction of sp³-hybridized carbons (Fsp3) is 0.857. The number of hydrogen-bond acceptors (Lipinski definition) is 4. The fourth-order valence-electron chi connectivity index (χ4n) is 0.778. The van der Waals surface area contributed by atoms with Crippen LogP contribution in [-0.4, -0.2) is 38.1 Å². The second kappa shape index (κ2) is 5.17. The Morgan fingerprint density at radius 2 is 2.15 bits per heavy atom. The van der Waals surface area contributed by atoms with Gasteiger partial charge in [0.2, 0.25) is 10.0 Å². The van der Waals surface area contributed by atoms with Crippen molar-refractivity contribution in [2.24, 2.45) is 5.73 Å². The second-order valence-corrected chi connectivity index (χ2v) is 5.14. The second-order valence-electron chi connectivity index (χ2n) is 2.78. The van der Waals surface area contributed by atoms with Crippen LogP contribution in [-0.2, 0) is 10.0 Å². The average Bonchev–Trinajstić information content (AvgIpc) is 2.12. The first-order valence-electron chi connectivity index (χ1n) is 4.01. The highest BCUT2D eigenvalue weighted by molar-refractivity contribution is 7.89. The molecule has 2 N–H and O–H groups in total. The van der Waals surface area contributed by atoms with E-state index in [2.05, 4.69) is 0 Å². The fourth-order valence-corrected chi connectivity index (χ4v) is 1.83. The Hall–Kier alpha value is -0.640. The minimum absolute atomic E-state index is 0.366. The van der Waals surface area contributed by atoms with Crippen molar-refractivity contribution >= 4 is 10.0 Å². The summed E-state index contributed by atoms with van der Waals surface area (Å²) in [6.45, 7) is 2.18. The molecule has 0 fully saturated rings. The summed E-state index contributed by atoms with van der Waals surface area (Å²) in [5.74, 6) is 0. The van der Waals surface area contributed by atoms with Crippen molar-refractivity contribution in [3.63, 3.8) is 0 Å². The summed E-state index contributed by atoms with van der Waals surface area (Å²) in [6.07, 6.45) is 0.605. The maximum Gasteiger partial charge on any atom is 0.229 e. The predicted molar refractivity (Wildman–Crippen MR) is 50.3 cm³/mol. The van der Waals surface area contributed by atoms with E-state index in [9.17, 15) is 8.42 Å². The topological polar surface area (TPSA) is 87.2 Å². The lowest BCUT2D eigenvalue weighted by Gasteiger charge is -2.17. The summed E-state index contributed by atoms with van der Waals surface area (Å²) in [4.78, 5) is 0. The molecular formula is C7H15N3O2S. The van der Waals surface area contributed by atoms with Crippen LogP contribution >= 0.6 is 0 Å². The van der Waals surface area contributed by atoms with Gasteiger partial charge in [-0.25, -0.2) is 12.7 Å². The number of rotatable bonds is 5. The molecular weight excluding hydrogens is 190 g/mol. The van der Waals surface area contributed by atoms with Crippen LogP contribution in [0.5, 0.6) is 0 Å². The quantitative estimate of drug-likeness (QED) is 0.656. The van der Waals surface area contributed by atoms with Crippen molar-refractivity contribution < 1.29 is 8.42 Å². The monoisotopic (exact) mass is 205 g/mol. The van der Waals surface area contributed by atoms with E-state index in [0.29, 0.717) is 19.5 Å². The molecule has 0 aromatic carbocycles. The Balaban J connectivity index is 4.39. The molecule has 0 aromatic rings. The summed E-state index contributed by atoms with van der Waals surface area (Å²) in [6, 6.07) is 1.70. The van der Waals surface area contributed by atoms with E-state index in [1.54, 1.807) is 6.07 Å². The molecule has 0 aliphatic rings. The first-order valence-corrected chi connectivity index (χ1v) is 5.52. The zero-order chi connectivity index (χ0) is 10.5. The third-order valence-electron chi connectivity index (χ3n) is 1.74. The highest BCUT2D eigenvalue weighted by Crippen LogP contribution is 2.05. The summed E-state index contributed by atoms with van der Waals surface area (Å²) in [7, 11) is -1.99. The molecule has 0 heterocycles. The van der Waals surface area contributed by atoms with Gasteiger partial charge in [0, 0.05) is 13.6 Å². The molecule has 0 radical (unpaired) electrons. The SMILES string of the molecule is CC(C#N)S(=O)(=O)N(C)CCCN. The molecule has 5 nitrogen and oxygen atoms in total. The predicted octanol–water partition coefficient (Wildman–Crippen LogP) is -0.491. The van der Waals surface area contributed by atoms with Crippen molar-refractivity contribution in [1.82, 2.24) is 4.31 Å². The molecule has 0 bridgehead atoms. The van der Waals surface area contributed by atoms with Crippen LogP contribution in [0.4, 0.5) is 0 Å². The van der Waals surface area contributed by atoms with Gasteiger partial charge in [-0.15, -0.1) is 0 Å². The van der Waals surface area contributed by atoms with Gasteiger partial charge >= 0.3 is 0 Å². The van der Waals surface area contributed by atoms with Gasteiger partial charge in [-0.1, -0.05) is 0 Å². The average molecular weight is 205 g/mol. The highest BCUT2D eigenvalue weighted by atomic mass is 32.2. The van der Waals surface area contributed by atoms with Gasteiger partial charge in [0.1, 0.15) is 0 Å². The summed E-state index contributed by atoms with van der Waals surface area (Å²) < 4.78 is 24.0. The molecule has 0 amide bonds. The van der Waals surface area contributed by atoms with Gasteiger partial charge in [0.15, 0.2) is 5.25 Å². The highest BCUT2D eigenvalue weighted by Gasteiger charge is 2.24. The van der Waals surface area contributed by atoms with E-state index in [1.807, 2.05) is 0 Å². The van der Waals surface area contributed by atoms with E-state index in [0.717, 1.165) is 0 Å². The van der Waals surface area contributed by atoms with Gasteiger partial charge in [0.05, 0.1) is 6.07 Å². The van der Waals surface area contributed by atoms with Crippen LogP contribution < -0.4 is 5.73 Å². The maximum atomic E-state index is 11.4. The van der Waals surface area contributed by atoms with Crippen LogP contribution in [0, 0.1) is 11.3 Å². The lowest BCUT2D eigenvalue weighted by molar-refractivity contribution is 0.460. The molecule has 0 aliphatic heterocycles. The molecule has 0 saturated carbocycles. The Bertz CT molecular complexity index is 281. The third-order valence-corrected chi connectivity index (χ3v) is 3.79. The Morgan fingerprint density at radius 1 is 1.62 bits per heavy atom. The first-order chi connectivity index (χ1) is 5.96. The van der Waals surface area contributed by atoms with Crippen molar-refractivity contribution in [3.05, 3.63) is 0 Å². The zero-order valence-electron chi connectivity index (χ0n) is 7.90. The Labute approximate surface area is 79.2 Å². The standard InChI is InChI=1S/C7H15N3O2S/c1-7(6-9)13(11,12)10(2)5-3-4-8/h7H,3-5,8H2,1-2H3. The van der Waals surface area contributed by atoms with Crippen LogP contribution in [0.2, 0.25) is 0 Å². The third kappa shape index (κ3) is 3.30.